The van der Waals surface area contributed by atoms with Crippen LogP contribution in [0.25, 0.3) is 0 Å². The number of hydrogen-bond acceptors (Lipinski definition) is 2. The van der Waals surface area contributed by atoms with Gasteiger partial charge in [0.2, 0.25) is 0 Å². The lowest BCUT2D eigenvalue weighted by Crippen LogP contribution is -2.12. The van der Waals surface area contributed by atoms with Crippen molar-refractivity contribution in [2.75, 3.05) is 18.5 Å². The molecule has 0 aliphatic carbocycles. The van der Waals surface area contributed by atoms with Crippen molar-refractivity contribution in [3.05, 3.63) is 59.9 Å². The second-order valence-electron chi connectivity index (χ2n) is 3.83. The van der Waals surface area contributed by atoms with Crippen LogP contribution in [0.4, 0.5) is 18.9 Å². The van der Waals surface area contributed by atoms with Crippen LogP contribution in [0.1, 0.15) is 0 Å². The number of halogens is 3. The van der Waals surface area contributed by atoms with Gasteiger partial charge in [-0.05, 0) is 12.1 Å². The lowest BCUT2D eigenvalue weighted by molar-refractivity contribution is 0.332. The smallest absolute Gasteiger partial charge is 0.161 e. The first-order valence-corrected chi connectivity index (χ1v) is 5.73. The van der Waals surface area contributed by atoms with Crippen LogP contribution in [-0.2, 0) is 0 Å². The molecule has 19 heavy (non-hydrogen) atoms. The van der Waals surface area contributed by atoms with Gasteiger partial charge in [0.15, 0.2) is 11.6 Å². The van der Waals surface area contributed by atoms with E-state index in [1.165, 1.54) is 0 Å². The van der Waals surface area contributed by atoms with Crippen molar-refractivity contribution in [2.24, 2.45) is 0 Å². The van der Waals surface area contributed by atoms with Gasteiger partial charge in [-0.25, -0.2) is 13.2 Å². The zero-order valence-electron chi connectivity index (χ0n) is 10.00. The first kappa shape index (κ1) is 13.3. The molecule has 0 radical (unpaired) electrons. The number of ether oxygens (including phenoxy) is 1. The summed E-state index contributed by atoms with van der Waals surface area (Å²) in [5.41, 5.74) is -0.0874. The van der Waals surface area contributed by atoms with Crippen molar-refractivity contribution in [3.63, 3.8) is 0 Å². The monoisotopic (exact) mass is 267 g/mol. The Morgan fingerprint density at radius 3 is 2.32 bits per heavy atom. The van der Waals surface area contributed by atoms with Gasteiger partial charge in [-0.2, -0.15) is 0 Å². The molecule has 0 heterocycles. The molecule has 100 valence electrons. The standard InChI is InChI=1S/C14H12F3NO/c15-11-8-13(17)14(9-12(11)16)18-6-7-19-10-4-2-1-3-5-10/h1-5,8-9,18H,6-7H2. The number of anilines is 1. The fourth-order valence-electron chi connectivity index (χ4n) is 1.53. The Labute approximate surface area is 108 Å². The predicted octanol–water partition coefficient (Wildman–Crippen LogP) is 3.59. The molecule has 5 heteroatoms. The molecule has 0 unspecified atom stereocenters. The summed E-state index contributed by atoms with van der Waals surface area (Å²) in [7, 11) is 0. The van der Waals surface area contributed by atoms with Crippen molar-refractivity contribution in [2.45, 2.75) is 0 Å². The van der Waals surface area contributed by atoms with Gasteiger partial charge in [-0.15, -0.1) is 0 Å². The summed E-state index contributed by atoms with van der Waals surface area (Å²) in [6, 6.07) is 10.4. The van der Waals surface area contributed by atoms with Gasteiger partial charge in [0.05, 0.1) is 5.69 Å². The van der Waals surface area contributed by atoms with E-state index in [2.05, 4.69) is 5.32 Å². The van der Waals surface area contributed by atoms with Crippen LogP contribution in [-0.4, -0.2) is 13.2 Å². The molecule has 0 aliphatic rings. The van der Waals surface area contributed by atoms with Gasteiger partial charge in [0.25, 0.3) is 0 Å². The van der Waals surface area contributed by atoms with Gasteiger partial charge >= 0.3 is 0 Å². The summed E-state index contributed by atoms with van der Waals surface area (Å²) in [6.07, 6.45) is 0. The summed E-state index contributed by atoms with van der Waals surface area (Å²) in [5.74, 6) is -2.44. The van der Waals surface area contributed by atoms with E-state index in [0.717, 1.165) is 6.07 Å². The minimum atomic E-state index is -1.21. The first-order valence-electron chi connectivity index (χ1n) is 5.73. The molecule has 1 N–H and O–H groups in total. The number of para-hydroxylation sites is 1. The third kappa shape index (κ3) is 3.64. The van der Waals surface area contributed by atoms with Gasteiger partial charge in [0.1, 0.15) is 18.2 Å². The molecule has 2 rings (SSSR count). The van der Waals surface area contributed by atoms with Crippen LogP contribution in [0.3, 0.4) is 0 Å². The van der Waals surface area contributed by atoms with Crippen molar-refractivity contribution < 1.29 is 17.9 Å². The maximum atomic E-state index is 13.3. The Morgan fingerprint density at radius 1 is 0.895 bits per heavy atom. The Kier molecular flexibility index (Phi) is 4.28. The van der Waals surface area contributed by atoms with E-state index < -0.39 is 17.5 Å². The molecule has 2 aromatic carbocycles. The van der Waals surface area contributed by atoms with Crippen LogP contribution >= 0.6 is 0 Å². The maximum Gasteiger partial charge on any atom is 0.161 e. The lowest BCUT2D eigenvalue weighted by atomic mass is 10.3. The number of nitrogens with one attached hydrogen (secondary N) is 1. The molecule has 2 aromatic rings. The number of hydrogen-bond donors (Lipinski definition) is 1. The fourth-order valence-corrected chi connectivity index (χ4v) is 1.53. The van der Waals surface area contributed by atoms with Gasteiger partial charge < -0.3 is 10.1 Å². The predicted molar refractivity (Wildman–Crippen MR) is 66.7 cm³/mol. The molecular weight excluding hydrogens is 255 g/mol. The Morgan fingerprint density at radius 2 is 1.58 bits per heavy atom. The Balaban J connectivity index is 1.85. The summed E-state index contributed by atoms with van der Waals surface area (Å²) in [5, 5.41) is 2.64. The molecule has 0 saturated heterocycles. The highest BCUT2D eigenvalue weighted by Gasteiger charge is 2.08. The molecule has 0 spiro atoms. The van der Waals surface area contributed by atoms with Gasteiger partial charge in [0, 0.05) is 18.7 Å². The summed E-state index contributed by atoms with van der Waals surface area (Å²) in [6.45, 7) is 0.555. The molecule has 0 amide bonds. The quantitative estimate of drug-likeness (QED) is 0.660. The molecule has 0 aliphatic heterocycles. The topological polar surface area (TPSA) is 21.3 Å². The van der Waals surface area contributed by atoms with E-state index >= 15 is 0 Å². The van der Waals surface area contributed by atoms with E-state index in [4.69, 9.17) is 4.74 Å². The van der Waals surface area contributed by atoms with E-state index in [0.29, 0.717) is 11.8 Å². The zero-order chi connectivity index (χ0) is 13.7. The largest absolute Gasteiger partial charge is 0.492 e. The van der Waals surface area contributed by atoms with Gasteiger partial charge in [-0.3, -0.25) is 0 Å². The van der Waals surface area contributed by atoms with Crippen LogP contribution in [0.5, 0.6) is 5.75 Å². The fraction of sp³-hybridized carbons (Fsp3) is 0.143. The third-order valence-electron chi connectivity index (χ3n) is 2.44. The lowest BCUT2D eigenvalue weighted by Gasteiger charge is -2.09. The van der Waals surface area contributed by atoms with Crippen molar-refractivity contribution in [1.82, 2.24) is 0 Å². The zero-order valence-corrected chi connectivity index (χ0v) is 10.00. The van der Waals surface area contributed by atoms with Crippen LogP contribution in [0.15, 0.2) is 42.5 Å². The molecule has 0 bridgehead atoms. The molecular formula is C14H12F3NO. The first-order chi connectivity index (χ1) is 9.16. The normalized spacial score (nSPS) is 10.3. The van der Waals surface area contributed by atoms with E-state index in [-0.39, 0.29) is 18.8 Å². The Bertz CT molecular complexity index is 546. The van der Waals surface area contributed by atoms with E-state index in [1.807, 2.05) is 18.2 Å². The SMILES string of the molecule is Fc1cc(F)c(NCCOc2ccccc2)cc1F. The molecule has 0 fully saturated rings. The highest BCUT2D eigenvalue weighted by atomic mass is 19.2. The summed E-state index contributed by atoms with van der Waals surface area (Å²) in [4.78, 5) is 0. The second kappa shape index (κ2) is 6.13. The third-order valence-corrected chi connectivity index (χ3v) is 2.44. The van der Waals surface area contributed by atoms with Crippen molar-refractivity contribution in [3.8, 4) is 5.75 Å². The number of benzene rings is 2. The van der Waals surface area contributed by atoms with E-state index in [9.17, 15) is 13.2 Å². The van der Waals surface area contributed by atoms with Crippen molar-refractivity contribution in [1.29, 1.82) is 0 Å². The van der Waals surface area contributed by atoms with Crippen LogP contribution in [0.2, 0.25) is 0 Å². The highest BCUT2D eigenvalue weighted by molar-refractivity contribution is 5.45. The average Bonchev–Trinajstić information content (AvgIpc) is 2.41. The molecule has 0 saturated carbocycles. The number of rotatable bonds is 5. The van der Waals surface area contributed by atoms with Crippen molar-refractivity contribution >= 4 is 5.69 Å². The highest BCUT2D eigenvalue weighted by Crippen LogP contribution is 2.18. The van der Waals surface area contributed by atoms with Crippen LogP contribution in [0, 0.1) is 17.5 Å². The summed E-state index contributed by atoms with van der Waals surface area (Å²) >= 11 is 0. The molecule has 0 atom stereocenters. The van der Waals surface area contributed by atoms with E-state index in [1.54, 1.807) is 12.1 Å². The molecule has 2 nitrogen and oxygen atoms in total. The van der Waals surface area contributed by atoms with Crippen LogP contribution < -0.4 is 10.1 Å². The maximum absolute atomic E-state index is 13.3. The second-order valence-corrected chi connectivity index (χ2v) is 3.83. The molecule has 0 aromatic heterocycles. The van der Waals surface area contributed by atoms with Gasteiger partial charge in [-0.1, -0.05) is 18.2 Å². The summed E-state index contributed by atoms with van der Waals surface area (Å²) < 4.78 is 44.3. The minimum absolute atomic E-state index is 0.0874. The average molecular weight is 267 g/mol. The Hall–Kier alpha value is -2.17. The minimum Gasteiger partial charge on any atom is -0.492 e.